The summed E-state index contributed by atoms with van der Waals surface area (Å²) < 4.78 is 11.6. The number of nitrogens with one attached hydrogen (secondary N) is 1. The highest BCUT2D eigenvalue weighted by molar-refractivity contribution is 5.73. The maximum absolute atomic E-state index is 13.2. The van der Waals surface area contributed by atoms with Crippen molar-refractivity contribution in [1.29, 1.82) is 0 Å². The summed E-state index contributed by atoms with van der Waals surface area (Å²) in [4.78, 5) is 24.5. The summed E-state index contributed by atoms with van der Waals surface area (Å²) in [7, 11) is 1.77. The van der Waals surface area contributed by atoms with Gasteiger partial charge in [0.15, 0.2) is 0 Å². The predicted octanol–water partition coefficient (Wildman–Crippen LogP) is 9.03. The zero-order chi connectivity index (χ0) is 33.9. The van der Waals surface area contributed by atoms with E-state index >= 15 is 0 Å². The SMILES string of the molecule is C=C(C)[C@@H]1CC[C@]2(CCNCOC)CC[C@]3(C)[C@H](CCC4[C@@]5(C)CC[C@H](OC(=O)CC(C)(C)CC(=O)O)C(C)(C)C5CC[C@]43C)[C@@H]12. The van der Waals surface area contributed by atoms with Gasteiger partial charge in [0, 0.05) is 12.5 Å². The Morgan fingerprint density at radius 2 is 1.61 bits per heavy atom. The van der Waals surface area contributed by atoms with Crippen LogP contribution in [0.15, 0.2) is 12.2 Å². The standard InChI is InChI=1S/C40H67NO5/c1-26(2)27-13-18-40(21-22-41-25-45-10)20-19-38(8)28(34(27)40)11-12-30-37(7)16-15-31(36(5,6)29(37)14-17-39(30,38)9)46-33(44)24-35(3,4)23-32(42)43/h27-31,34,41H,1,11-25H2,2-10H3,(H,42,43)/t27-,28+,29?,30?,31-,34+,37-,38+,39+,40+/m0/s1. The lowest BCUT2D eigenvalue weighted by molar-refractivity contribution is -0.250. The Morgan fingerprint density at radius 1 is 0.891 bits per heavy atom. The van der Waals surface area contributed by atoms with Crippen LogP contribution in [-0.2, 0) is 19.1 Å². The van der Waals surface area contributed by atoms with Gasteiger partial charge in [-0.15, -0.1) is 0 Å². The molecule has 5 rings (SSSR count). The zero-order valence-electron chi connectivity index (χ0n) is 30.9. The number of carboxylic acid groups (broad SMARTS) is 1. The molecule has 6 heteroatoms. The van der Waals surface area contributed by atoms with Crippen LogP contribution in [0, 0.1) is 62.1 Å². The molecule has 0 heterocycles. The Bertz CT molecular complexity index is 1180. The number of rotatable bonds is 11. The van der Waals surface area contributed by atoms with Gasteiger partial charge in [-0.1, -0.05) is 60.6 Å². The third-order valence-corrected chi connectivity index (χ3v) is 15.8. The average molecular weight is 642 g/mol. The van der Waals surface area contributed by atoms with E-state index in [2.05, 4.69) is 53.4 Å². The molecular weight excluding hydrogens is 574 g/mol. The molecule has 0 aromatic heterocycles. The van der Waals surface area contributed by atoms with Crippen molar-refractivity contribution >= 4 is 11.9 Å². The van der Waals surface area contributed by atoms with Crippen molar-refractivity contribution in [2.24, 2.45) is 62.1 Å². The van der Waals surface area contributed by atoms with Crippen molar-refractivity contribution in [2.45, 2.75) is 145 Å². The summed E-state index contributed by atoms with van der Waals surface area (Å²) in [6, 6.07) is 0. The van der Waals surface area contributed by atoms with Crippen LogP contribution in [-0.4, -0.2) is 43.5 Å². The molecule has 6 nitrogen and oxygen atoms in total. The Morgan fingerprint density at radius 3 is 2.26 bits per heavy atom. The number of esters is 1. The van der Waals surface area contributed by atoms with Crippen LogP contribution in [0.25, 0.3) is 0 Å². The van der Waals surface area contributed by atoms with E-state index in [1.807, 2.05) is 13.8 Å². The van der Waals surface area contributed by atoms with Gasteiger partial charge < -0.3 is 14.6 Å². The van der Waals surface area contributed by atoms with Crippen molar-refractivity contribution in [3.05, 3.63) is 12.2 Å². The lowest BCUT2D eigenvalue weighted by atomic mass is 9.32. The molecule has 0 saturated heterocycles. The van der Waals surface area contributed by atoms with E-state index in [4.69, 9.17) is 9.47 Å². The van der Waals surface area contributed by atoms with E-state index in [-0.39, 0.29) is 35.7 Å². The van der Waals surface area contributed by atoms with E-state index in [0.29, 0.717) is 40.7 Å². The molecule has 0 radical (unpaired) electrons. The fourth-order valence-corrected chi connectivity index (χ4v) is 13.5. The number of carbonyl (C=O) groups is 2. The molecule has 46 heavy (non-hydrogen) atoms. The maximum Gasteiger partial charge on any atom is 0.306 e. The van der Waals surface area contributed by atoms with E-state index in [0.717, 1.165) is 31.2 Å². The maximum atomic E-state index is 13.2. The first-order chi connectivity index (χ1) is 21.4. The minimum absolute atomic E-state index is 0.0311. The first-order valence-electron chi connectivity index (χ1n) is 18.6. The van der Waals surface area contributed by atoms with Crippen molar-refractivity contribution in [1.82, 2.24) is 5.32 Å². The molecule has 0 amide bonds. The third kappa shape index (κ3) is 5.81. The van der Waals surface area contributed by atoms with Gasteiger partial charge in [-0.2, -0.15) is 0 Å². The summed E-state index contributed by atoms with van der Waals surface area (Å²) >= 11 is 0. The van der Waals surface area contributed by atoms with Gasteiger partial charge in [-0.05, 0) is 141 Å². The first kappa shape index (κ1) is 35.9. The second-order valence-electron chi connectivity index (χ2n) is 19.0. The summed E-state index contributed by atoms with van der Waals surface area (Å²) in [5.74, 6) is 2.18. The number of aliphatic carboxylic acids is 1. The summed E-state index contributed by atoms with van der Waals surface area (Å²) in [5, 5.41) is 12.9. The fourth-order valence-electron chi connectivity index (χ4n) is 13.5. The van der Waals surface area contributed by atoms with Gasteiger partial charge in [0.2, 0.25) is 0 Å². The predicted molar refractivity (Wildman–Crippen MR) is 184 cm³/mol. The van der Waals surface area contributed by atoms with Crippen LogP contribution >= 0.6 is 0 Å². The minimum atomic E-state index is -0.869. The van der Waals surface area contributed by atoms with Crippen LogP contribution in [0.2, 0.25) is 0 Å². The van der Waals surface area contributed by atoms with Crippen LogP contribution in [0.3, 0.4) is 0 Å². The first-order valence-corrected chi connectivity index (χ1v) is 18.6. The Kier molecular flexibility index (Phi) is 9.74. The number of carboxylic acids is 1. The summed E-state index contributed by atoms with van der Waals surface area (Å²) in [5.41, 5.74) is 1.93. The molecule has 0 aliphatic heterocycles. The zero-order valence-corrected chi connectivity index (χ0v) is 30.9. The van der Waals surface area contributed by atoms with Crippen molar-refractivity contribution < 1.29 is 24.2 Å². The van der Waals surface area contributed by atoms with Gasteiger partial charge in [-0.3, -0.25) is 14.9 Å². The average Bonchev–Trinajstić information content (AvgIpc) is 3.32. The Hall–Kier alpha value is -1.40. The van der Waals surface area contributed by atoms with E-state index in [1.165, 1.54) is 63.4 Å². The van der Waals surface area contributed by atoms with Crippen LogP contribution < -0.4 is 5.32 Å². The Balaban J connectivity index is 1.37. The third-order valence-electron chi connectivity index (χ3n) is 15.8. The molecule has 5 aliphatic rings. The minimum Gasteiger partial charge on any atom is -0.481 e. The van der Waals surface area contributed by atoms with Gasteiger partial charge in [0.25, 0.3) is 0 Å². The molecule has 5 fully saturated rings. The molecule has 5 aliphatic carbocycles. The molecule has 2 unspecified atom stereocenters. The molecule has 0 spiro atoms. The van der Waals surface area contributed by atoms with Gasteiger partial charge in [0.05, 0.1) is 19.6 Å². The largest absolute Gasteiger partial charge is 0.481 e. The van der Waals surface area contributed by atoms with Gasteiger partial charge >= 0.3 is 11.9 Å². The topological polar surface area (TPSA) is 84.9 Å². The molecule has 0 bridgehead atoms. The number of hydrogen-bond donors (Lipinski definition) is 2. The summed E-state index contributed by atoms with van der Waals surface area (Å²) in [6.07, 6.45) is 13.7. The second kappa shape index (κ2) is 12.5. The number of ether oxygens (including phenoxy) is 2. The number of carbonyl (C=O) groups excluding carboxylic acids is 1. The van der Waals surface area contributed by atoms with E-state index in [1.54, 1.807) is 7.11 Å². The highest BCUT2D eigenvalue weighted by atomic mass is 16.5. The normalized spacial score (nSPS) is 43.1. The van der Waals surface area contributed by atoms with Crippen LogP contribution in [0.4, 0.5) is 0 Å². The number of methoxy groups -OCH3 is 1. The van der Waals surface area contributed by atoms with Crippen molar-refractivity contribution in [3.63, 3.8) is 0 Å². The molecule has 0 aromatic carbocycles. The molecule has 262 valence electrons. The van der Waals surface area contributed by atoms with Crippen molar-refractivity contribution in [2.75, 3.05) is 20.4 Å². The lowest BCUT2D eigenvalue weighted by Gasteiger charge is -2.73. The monoisotopic (exact) mass is 642 g/mol. The highest BCUT2D eigenvalue weighted by Gasteiger charge is 2.71. The Labute approximate surface area is 280 Å². The summed E-state index contributed by atoms with van der Waals surface area (Å²) in [6.45, 7) is 25.0. The molecule has 10 atom stereocenters. The van der Waals surface area contributed by atoms with Gasteiger partial charge in [-0.25, -0.2) is 0 Å². The van der Waals surface area contributed by atoms with Gasteiger partial charge in [0.1, 0.15) is 6.10 Å². The fraction of sp³-hybridized carbons (Fsp3) is 0.900. The van der Waals surface area contributed by atoms with Crippen molar-refractivity contribution in [3.8, 4) is 0 Å². The molecule has 5 saturated carbocycles. The smallest absolute Gasteiger partial charge is 0.306 e. The van der Waals surface area contributed by atoms with Crippen LogP contribution in [0.1, 0.15) is 139 Å². The number of allylic oxidation sites excluding steroid dienone is 1. The quantitative estimate of drug-likeness (QED) is 0.101. The van der Waals surface area contributed by atoms with E-state index in [9.17, 15) is 14.7 Å². The lowest BCUT2D eigenvalue weighted by Crippen LogP contribution is -2.66. The highest BCUT2D eigenvalue weighted by Crippen LogP contribution is 2.78. The molecular formula is C40H67NO5. The number of hydrogen-bond acceptors (Lipinski definition) is 5. The molecule has 0 aromatic rings. The second-order valence-corrected chi connectivity index (χ2v) is 19.0. The van der Waals surface area contributed by atoms with E-state index < -0.39 is 11.4 Å². The molecule has 2 N–H and O–H groups in total. The van der Waals surface area contributed by atoms with Crippen LogP contribution in [0.5, 0.6) is 0 Å². The number of fused-ring (bicyclic) bond motifs is 7.